The summed E-state index contributed by atoms with van der Waals surface area (Å²) in [6.45, 7) is 2.00. The highest BCUT2D eigenvalue weighted by atomic mass is 19.1. The van der Waals surface area contributed by atoms with Crippen LogP contribution in [0.5, 0.6) is 0 Å². The third-order valence-electron chi connectivity index (χ3n) is 10.7. The number of hydrogen-bond acceptors (Lipinski definition) is 8. The molecule has 1 amide bonds. The van der Waals surface area contributed by atoms with Gasteiger partial charge in [-0.2, -0.15) is 0 Å². The molecule has 3 heterocycles. The van der Waals surface area contributed by atoms with Crippen LogP contribution in [0.1, 0.15) is 50.5 Å². The number of carbonyl (C=O) groups excluding carboxylic acids is 2. The summed E-state index contributed by atoms with van der Waals surface area (Å²) in [4.78, 5) is 42.3. The molecule has 11 heteroatoms. The number of alkyl halides is 1. The van der Waals surface area contributed by atoms with E-state index in [9.17, 15) is 19.7 Å². The van der Waals surface area contributed by atoms with Gasteiger partial charge in [-0.1, -0.05) is 37.8 Å². The van der Waals surface area contributed by atoms with Crippen LogP contribution in [0.25, 0.3) is 0 Å². The van der Waals surface area contributed by atoms with Gasteiger partial charge in [0.2, 0.25) is 0 Å². The molecular formula is C31H39FN4O6. The number of carbonyl (C=O) groups is 2. The lowest BCUT2D eigenvalue weighted by Gasteiger charge is -2.61. The van der Waals surface area contributed by atoms with E-state index in [4.69, 9.17) is 9.47 Å². The van der Waals surface area contributed by atoms with Crippen molar-refractivity contribution in [3.8, 4) is 0 Å². The quantitative estimate of drug-likeness (QED) is 0.320. The molecule has 7 rings (SSSR count). The SMILES string of the molecule is O=C1C(C(=O)N2CCOCC2)=CN2C3CC4CCCCC4CC3OC3C(NCc4cccc([N+](=O)[O-])c4)C(F)CC1C32. The van der Waals surface area contributed by atoms with E-state index in [1.807, 2.05) is 0 Å². The Labute approximate surface area is 244 Å². The molecule has 1 aromatic rings. The average Bonchev–Trinajstić information content (AvgIpc) is 3.01. The minimum atomic E-state index is -1.37. The van der Waals surface area contributed by atoms with Crippen molar-refractivity contribution in [3.63, 3.8) is 0 Å². The number of fused-ring (bicyclic) bond motifs is 3. The first kappa shape index (κ1) is 27.9. The van der Waals surface area contributed by atoms with Crippen LogP contribution >= 0.6 is 0 Å². The monoisotopic (exact) mass is 582 g/mol. The first-order valence-corrected chi connectivity index (χ1v) is 15.6. The summed E-state index contributed by atoms with van der Waals surface area (Å²) < 4.78 is 28.4. The number of nitro benzene ring substituents is 1. The smallest absolute Gasteiger partial charge is 0.269 e. The second kappa shape index (κ2) is 11.3. The number of Topliss-reactive ketones (excluding diaryl/α,β-unsaturated/α-hetero) is 1. The Bertz CT molecular complexity index is 1270. The Morgan fingerprint density at radius 2 is 1.88 bits per heavy atom. The number of benzene rings is 1. The van der Waals surface area contributed by atoms with Gasteiger partial charge in [-0.15, -0.1) is 0 Å². The number of nitrogens with zero attached hydrogens (tertiary/aromatic N) is 3. The highest BCUT2D eigenvalue weighted by molar-refractivity contribution is 6.20. The number of hydrogen-bond donors (Lipinski definition) is 1. The first-order chi connectivity index (χ1) is 20.4. The van der Waals surface area contributed by atoms with Gasteiger partial charge in [-0.25, -0.2) is 4.39 Å². The molecule has 9 unspecified atom stereocenters. The van der Waals surface area contributed by atoms with Crippen LogP contribution in [0.4, 0.5) is 10.1 Å². The molecule has 6 aliphatic rings. The van der Waals surface area contributed by atoms with Crippen molar-refractivity contribution in [1.82, 2.24) is 15.1 Å². The van der Waals surface area contributed by atoms with Gasteiger partial charge in [-0.3, -0.25) is 19.7 Å². The van der Waals surface area contributed by atoms with Crippen LogP contribution in [0, 0.1) is 27.9 Å². The van der Waals surface area contributed by atoms with E-state index >= 15 is 4.39 Å². The Morgan fingerprint density at radius 1 is 1.12 bits per heavy atom. The number of halogens is 1. The molecule has 9 atom stereocenters. The van der Waals surface area contributed by atoms with E-state index in [0.717, 1.165) is 12.8 Å². The standard InChI is InChI=1S/C31H39FN4O6/c32-24-15-22-28-30(27(24)33-16-18-4-3-7-21(12-18)36(39)40)42-26-14-20-6-2-1-5-19(20)13-25(26)35(28)17-23(29(22)37)31(38)34-8-10-41-11-9-34/h3-4,7,12,17,19-20,22,24-28,30,33H,1-2,5-6,8-11,13-16H2. The Morgan fingerprint density at radius 3 is 2.64 bits per heavy atom. The lowest BCUT2D eigenvalue weighted by molar-refractivity contribution is -0.384. The molecule has 3 aliphatic carbocycles. The van der Waals surface area contributed by atoms with E-state index in [-0.39, 0.29) is 54.1 Å². The molecule has 1 N–H and O–H groups in total. The Hall–Kier alpha value is -2.89. The number of non-ortho nitro benzene ring substituents is 1. The second-order valence-corrected chi connectivity index (χ2v) is 12.9. The van der Waals surface area contributed by atoms with Crippen LogP contribution < -0.4 is 5.32 Å². The van der Waals surface area contributed by atoms with E-state index < -0.39 is 29.2 Å². The molecule has 5 fully saturated rings. The predicted octanol–water partition coefficient (Wildman–Crippen LogP) is 3.14. The van der Waals surface area contributed by atoms with E-state index in [1.54, 1.807) is 23.2 Å². The zero-order valence-corrected chi connectivity index (χ0v) is 23.7. The molecule has 3 saturated carbocycles. The molecule has 0 aromatic heterocycles. The van der Waals surface area contributed by atoms with Crippen LogP contribution in [0.2, 0.25) is 0 Å². The van der Waals surface area contributed by atoms with Crippen molar-refractivity contribution in [1.29, 1.82) is 0 Å². The largest absolute Gasteiger partial charge is 0.378 e. The molecule has 10 nitrogen and oxygen atoms in total. The Balaban J connectivity index is 1.20. The summed E-state index contributed by atoms with van der Waals surface area (Å²) in [5.41, 5.74) is 0.839. The molecule has 0 bridgehead atoms. The van der Waals surface area contributed by atoms with Gasteiger partial charge in [-0.05, 0) is 36.7 Å². The molecule has 1 aromatic carbocycles. The van der Waals surface area contributed by atoms with Crippen molar-refractivity contribution >= 4 is 17.4 Å². The molecule has 42 heavy (non-hydrogen) atoms. The summed E-state index contributed by atoms with van der Waals surface area (Å²) in [5.74, 6) is -0.0580. The maximum Gasteiger partial charge on any atom is 0.269 e. The highest BCUT2D eigenvalue weighted by Gasteiger charge is 2.59. The number of nitro groups is 1. The Kier molecular flexibility index (Phi) is 7.52. The van der Waals surface area contributed by atoms with Crippen LogP contribution in [-0.2, 0) is 25.6 Å². The number of nitrogens with one attached hydrogen (secondary N) is 1. The third-order valence-corrected chi connectivity index (χ3v) is 10.7. The number of amides is 1. The number of ketones is 1. The maximum atomic E-state index is 16.1. The fraction of sp³-hybridized carbons (Fsp3) is 0.677. The average molecular weight is 583 g/mol. The van der Waals surface area contributed by atoms with Gasteiger partial charge in [0, 0.05) is 43.9 Å². The van der Waals surface area contributed by atoms with Crippen LogP contribution in [0.3, 0.4) is 0 Å². The topological polar surface area (TPSA) is 114 Å². The summed E-state index contributed by atoms with van der Waals surface area (Å²) >= 11 is 0. The predicted molar refractivity (Wildman–Crippen MR) is 150 cm³/mol. The number of morpholine rings is 2. The van der Waals surface area contributed by atoms with Gasteiger partial charge < -0.3 is 24.6 Å². The molecule has 3 aliphatic heterocycles. The molecule has 226 valence electrons. The molecular weight excluding hydrogens is 543 g/mol. The van der Waals surface area contributed by atoms with E-state index in [0.29, 0.717) is 43.7 Å². The van der Waals surface area contributed by atoms with Gasteiger partial charge in [0.05, 0.1) is 54.0 Å². The summed E-state index contributed by atoms with van der Waals surface area (Å²) in [6, 6.07) is 5.34. The minimum Gasteiger partial charge on any atom is -0.378 e. The van der Waals surface area contributed by atoms with E-state index in [2.05, 4.69) is 10.2 Å². The molecule has 2 saturated heterocycles. The fourth-order valence-corrected chi connectivity index (χ4v) is 8.64. The van der Waals surface area contributed by atoms with E-state index in [1.165, 1.54) is 37.8 Å². The molecule has 0 spiro atoms. The second-order valence-electron chi connectivity index (χ2n) is 12.9. The minimum absolute atomic E-state index is 0.00361. The summed E-state index contributed by atoms with van der Waals surface area (Å²) in [5, 5.41) is 14.6. The van der Waals surface area contributed by atoms with Crippen molar-refractivity contribution < 1.29 is 28.4 Å². The zero-order chi connectivity index (χ0) is 29.0. The van der Waals surface area contributed by atoms with Crippen molar-refractivity contribution in [3.05, 3.63) is 51.7 Å². The fourth-order valence-electron chi connectivity index (χ4n) is 8.64. The summed E-state index contributed by atoms with van der Waals surface area (Å²) in [6.07, 6.45) is 6.44. The summed E-state index contributed by atoms with van der Waals surface area (Å²) in [7, 11) is 0. The van der Waals surface area contributed by atoms with Crippen LogP contribution in [-0.4, -0.2) is 89.2 Å². The first-order valence-electron chi connectivity index (χ1n) is 15.6. The van der Waals surface area contributed by atoms with Crippen molar-refractivity contribution in [2.24, 2.45) is 17.8 Å². The van der Waals surface area contributed by atoms with Gasteiger partial charge in [0.1, 0.15) is 6.17 Å². The van der Waals surface area contributed by atoms with Gasteiger partial charge in [0.25, 0.3) is 11.6 Å². The van der Waals surface area contributed by atoms with Gasteiger partial charge >= 0.3 is 0 Å². The van der Waals surface area contributed by atoms with Crippen LogP contribution in [0.15, 0.2) is 36.0 Å². The lowest BCUT2D eigenvalue weighted by atomic mass is 9.65. The zero-order valence-electron chi connectivity index (χ0n) is 23.7. The third kappa shape index (κ3) is 4.93. The normalized spacial score (nSPS) is 37.7. The number of rotatable bonds is 5. The van der Waals surface area contributed by atoms with Crippen molar-refractivity contribution in [2.75, 3.05) is 26.3 Å². The lowest BCUT2D eigenvalue weighted by Crippen LogP contribution is -2.73. The number of ether oxygens (including phenoxy) is 2. The highest BCUT2D eigenvalue weighted by Crippen LogP contribution is 2.50. The molecule has 0 radical (unpaired) electrons. The van der Waals surface area contributed by atoms with Gasteiger partial charge in [0.15, 0.2) is 5.78 Å². The maximum absolute atomic E-state index is 16.1. The van der Waals surface area contributed by atoms with Crippen molar-refractivity contribution in [2.45, 2.75) is 88.0 Å².